The van der Waals surface area contributed by atoms with Crippen molar-refractivity contribution >= 4 is 0 Å². The molecule has 0 bridgehead atoms. The second-order valence-corrected chi connectivity index (χ2v) is 6.45. The smallest absolute Gasteiger partial charge is 0.0652 e. The van der Waals surface area contributed by atoms with Gasteiger partial charge >= 0.3 is 0 Å². The topological polar surface area (TPSA) is 24.5 Å². The van der Waals surface area contributed by atoms with Crippen LogP contribution in [-0.4, -0.2) is 50.3 Å². The molecule has 0 aromatic heterocycles. The molecule has 0 amide bonds. The zero-order chi connectivity index (χ0) is 12.5. The maximum Gasteiger partial charge on any atom is 0.0652 e. The molecule has 1 saturated heterocycles. The SMILES string of the molecule is COC1CC(N2CCCNCC(C)C2)C1(C)C. The van der Waals surface area contributed by atoms with Gasteiger partial charge in [0.05, 0.1) is 6.10 Å². The Morgan fingerprint density at radius 3 is 2.76 bits per heavy atom. The molecule has 17 heavy (non-hydrogen) atoms. The van der Waals surface area contributed by atoms with Crippen LogP contribution in [0.2, 0.25) is 0 Å². The fourth-order valence-electron chi connectivity index (χ4n) is 3.48. The van der Waals surface area contributed by atoms with Gasteiger partial charge in [-0.1, -0.05) is 20.8 Å². The first-order valence-electron chi connectivity index (χ1n) is 7.03. The molecule has 100 valence electrons. The fourth-order valence-corrected chi connectivity index (χ4v) is 3.48. The molecule has 2 aliphatic rings. The molecular formula is C14H28N2O. The molecule has 3 nitrogen and oxygen atoms in total. The van der Waals surface area contributed by atoms with E-state index in [9.17, 15) is 0 Å². The average Bonchev–Trinajstić information content (AvgIpc) is 2.24. The van der Waals surface area contributed by atoms with Crippen LogP contribution in [0.25, 0.3) is 0 Å². The van der Waals surface area contributed by atoms with Crippen molar-refractivity contribution in [3.63, 3.8) is 0 Å². The summed E-state index contributed by atoms with van der Waals surface area (Å²) in [6, 6.07) is 0.716. The van der Waals surface area contributed by atoms with E-state index in [1.165, 1.54) is 32.5 Å². The van der Waals surface area contributed by atoms with Crippen LogP contribution in [0.15, 0.2) is 0 Å². The van der Waals surface area contributed by atoms with Crippen molar-refractivity contribution in [2.45, 2.75) is 45.8 Å². The van der Waals surface area contributed by atoms with E-state index < -0.39 is 0 Å². The van der Waals surface area contributed by atoms with E-state index in [2.05, 4.69) is 31.0 Å². The summed E-state index contributed by atoms with van der Waals surface area (Å²) < 4.78 is 5.57. The van der Waals surface area contributed by atoms with Gasteiger partial charge in [-0.15, -0.1) is 0 Å². The molecule has 0 spiro atoms. The first-order valence-corrected chi connectivity index (χ1v) is 7.03. The molecule has 1 N–H and O–H groups in total. The molecule has 0 aromatic carbocycles. The average molecular weight is 240 g/mol. The lowest BCUT2D eigenvalue weighted by Crippen LogP contribution is -2.63. The molecule has 3 heteroatoms. The quantitative estimate of drug-likeness (QED) is 0.795. The Balaban J connectivity index is 1.96. The monoisotopic (exact) mass is 240 g/mol. The molecule has 1 aliphatic carbocycles. The third kappa shape index (κ3) is 2.67. The van der Waals surface area contributed by atoms with E-state index in [-0.39, 0.29) is 0 Å². The first-order chi connectivity index (χ1) is 8.05. The third-order valence-corrected chi connectivity index (χ3v) is 4.69. The van der Waals surface area contributed by atoms with Gasteiger partial charge in [0, 0.05) is 25.1 Å². The highest BCUT2D eigenvalue weighted by Gasteiger charge is 2.51. The van der Waals surface area contributed by atoms with Crippen molar-refractivity contribution in [3.8, 4) is 0 Å². The highest BCUT2D eigenvalue weighted by molar-refractivity contribution is 5.04. The fraction of sp³-hybridized carbons (Fsp3) is 1.00. The summed E-state index contributed by atoms with van der Waals surface area (Å²) in [6.45, 7) is 11.9. The van der Waals surface area contributed by atoms with Crippen molar-refractivity contribution in [2.75, 3.05) is 33.3 Å². The molecule has 2 fully saturated rings. The van der Waals surface area contributed by atoms with E-state index in [4.69, 9.17) is 4.74 Å². The van der Waals surface area contributed by atoms with Crippen molar-refractivity contribution in [2.24, 2.45) is 11.3 Å². The first kappa shape index (κ1) is 13.3. The second-order valence-electron chi connectivity index (χ2n) is 6.45. The van der Waals surface area contributed by atoms with E-state index in [1.54, 1.807) is 0 Å². The van der Waals surface area contributed by atoms with Gasteiger partial charge in [-0.25, -0.2) is 0 Å². The summed E-state index contributed by atoms with van der Waals surface area (Å²) in [5.74, 6) is 0.757. The van der Waals surface area contributed by atoms with E-state index >= 15 is 0 Å². The second kappa shape index (κ2) is 5.25. The van der Waals surface area contributed by atoms with Gasteiger partial charge in [-0.05, 0) is 38.4 Å². The molecule has 0 aromatic rings. The third-order valence-electron chi connectivity index (χ3n) is 4.69. The highest BCUT2D eigenvalue weighted by Crippen LogP contribution is 2.45. The minimum atomic E-state index is 0.321. The van der Waals surface area contributed by atoms with Crippen LogP contribution in [0.3, 0.4) is 0 Å². The van der Waals surface area contributed by atoms with E-state index in [0.29, 0.717) is 17.6 Å². The zero-order valence-corrected chi connectivity index (χ0v) is 11.8. The lowest BCUT2D eigenvalue weighted by atomic mass is 9.63. The van der Waals surface area contributed by atoms with Crippen LogP contribution >= 0.6 is 0 Å². The van der Waals surface area contributed by atoms with Crippen LogP contribution in [0.5, 0.6) is 0 Å². The van der Waals surface area contributed by atoms with Gasteiger partial charge in [-0.2, -0.15) is 0 Å². The van der Waals surface area contributed by atoms with Gasteiger partial charge in [0.15, 0.2) is 0 Å². The lowest BCUT2D eigenvalue weighted by Gasteiger charge is -2.56. The Bertz CT molecular complexity index is 255. The zero-order valence-electron chi connectivity index (χ0n) is 11.8. The maximum absolute atomic E-state index is 5.57. The summed E-state index contributed by atoms with van der Waals surface area (Å²) in [7, 11) is 1.85. The van der Waals surface area contributed by atoms with Crippen molar-refractivity contribution in [1.82, 2.24) is 10.2 Å². The number of ether oxygens (including phenoxy) is 1. The molecule has 3 atom stereocenters. The van der Waals surface area contributed by atoms with Gasteiger partial charge in [0.1, 0.15) is 0 Å². The number of hydrogen-bond donors (Lipinski definition) is 1. The summed E-state index contributed by atoms with van der Waals surface area (Å²) >= 11 is 0. The molecule has 3 unspecified atom stereocenters. The molecule has 1 heterocycles. The van der Waals surface area contributed by atoms with Crippen molar-refractivity contribution in [1.29, 1.82) is 0 Å². The Labute approximate surface area is 106 Å². The Hall–Kier alpha value is -0.120. The normalized spacial score (nSPS) is 39.2. The van der Waals surface area contributed by atoms with Crippen molar-refractivity contribution in [3.05, 3.63) is 0 Å². The number of rotatable bonds is 2. The minimum absolute atomic E-state index is 0.321. The van der Waals surface area contributed by atoms with E-state index in [0.717, 1.165) is 12.5 Å². The Morgan fingerprint density at radius 2 is 2.12 bits per heavy atom. The van der Waals surface area contributed by atoms with Crippen LogP contribution < -0.4 is 5.32 Å². The van der Waals surface area contributed by atoms with Gasteiger partial charge in [0.2, 0.25) is 0 Å². The Kier molecular flexibility index (Phi) is 4.11. The Morgan fingerprint density at radius 1 is 1.35 bits per heavy atom. The van der Waals surface area contributed by atoms with Crippen LogP contribution in [-0.2, 0) is 4.74 Å². The summed E-state index contributed by atoms with van der Waals surface area (Å²) in [5.41, 5.74) is 0.321. The molecule has 0 radical (unpaired) electrons. The predicted octanol–water partition coefficient (Wildman–Crippen LogP) is 1.73. The predicted molar refractivity (Wildman–Crippen MR) is 71.2 cm³/mol. The molecular weight excluding hydrogens is 212 g/mol. The summed E-state index contributed by atoms with van der Waals surface area (Å²) in [5, 5.41) is 3.52. The maximum atomic E-state index is 5.57. The molecule has 1 aliphatic heterocycles. The largest absolute Gasteiger partial charge is 0.381 e. The van der Waals surface area contributed by atoms with Gasteiger partial charge in [0.25, 0.3) is 0 Å². The number of nitrogens with one attached hydrogen (secondary N) is 1. The molecule has 1 saturated carbocycles. The van der Waals surface area contributed by atoms with Crippen LogP contribution in [0.1, 0.15) is 33.6 Å². The summed E-state index contributed by atoms with van der Waals surface area (Å²) in [6.07, 6.45) is 2.94. The standard InChI is InChI=1S/C14H28N2O/c1-11-9-15-6-5-7-16(10-11)12-8-13(17-4)14(12,2)3/h11-13,15H,5-10H2,1-4H3. The number of methoxy groups -OCH3 is 1. The number of hydrogen-bond acceptors (Lipinski definition) is 3. The molecule has 2 rings (SSSR count). The van der Waals surface area contributed by atoms with E-state index in [1.807, 2.05) is 7.11 Å². The number of nitrogens with zero attached hydrogens (tertiary/aromatic N) is 1. The summed E-state index contributed by atoms with van der Waals surface area (Å²) in [4.78, 5) is 2.71. The van der Waals surface area contributed by atoms with Gasteiger partial charge < -0.3 is 10.1 Å². The van der Waals surface area contributed by atoms with Crippen LogP contribution in [0, 0.1) is 11.3 Å². The lowest BCUT2D eigenvalue weighted by molar-refractivity contribution is -0.140. The van der Waals surface area contributed by atoms with Gasteiger partial charge in [-0.3, -0.25) is 4.90 Å². The minimum Gasteiger partial charge on any atom is -0.381 e. The highest BCUT2D eigenvalue weighted by atomic mass is 16.5. The van der Waals surface area contributed by atoms with Crippen LogP contribution in [0.4, 0.5) is 0 Å². The van der Waals surface area contributed by atoms with Crippen molar-refractivity contribution < 1.29 is 4.74 Å².